The van der Waals surface area contributed by atoms with Gasteiger partial charge in [0.15, 0.2) is 11.5 Å². The molecule has 2 heterocycles. The van der Waals surface area contributed by atoms with Gasteiger partial charge in [-0.15, -0.1) is 0 Å². The molecule has 9 heteroatoms. The van der Waals surface area contributed by atoms with Crippen LogP contribution in [0.4, 0.5) is 5.69 Å². The van der Waals surface area contributed by atoms with Crippen LogP contribution in [0.1, 0.15) is 39.4 Å². The van der Waals surface area contributed by atoms with Crippen molar-refractivity contribution in [3.63, 3.8) is 0 Å². The maximum absolute atomic E-state index is 12.5. The molecule has 1 aliphatic rings. The van der Waals surface area contributed by atoms with E-state index in [0.717, 1.165) is 19.4 Å². The van der Waals surface area contributed by atoms with Crippen molar-refractivity contribution in [2.75, 3.05) is 25.6 Å². The lowest BCUT2D eigenvalue weighted by atomic mass is 10.2. The number of carbonyl (C=O) groups is 2. The molecule has 1 saturated heterocycles. The molecule has 0 radical (unpaired) electrons. The summed E-state index contributed by atoms with van der Waals surface area (Å²) in [4.78, 5) is 24.7. The Morgan fingerprint density at radius 2 is 1.94 bits per heavy atom. The fourth-order valence-electron chi connectivity index (χ4n) is 3.41. The topological polar surface area (TPSA) is 112 Å². The summed E-state index contributed by atoms with van der Waals surface area (Å²) in [5.41, 5.74) is 1.25. The summed E-state index contributed by atoms with van der Waals surface area (Å²) in [6, 6.07) is 15.5. The number of hydrogen-bond acceptors (Lipinski definition) is 7. The van der Waals surface area contributed by atoms with Gasteiger partial charge in [0.1, 0.15) is 18.1 Å². The lowest BCUT2D eigenvalue weighted by Gasteiger charge is -2.10. The van der Waals surface area contributed by atoms with E-state index in [1.54, 1.807) is 54.6 Å². The zero-order valence-corrected chi connectivity index (χ0v) is 18.2. The predicted octanol–water partition coefficient (Wildman–Crippen LogP) is 3.42. The van der Waals surface area contributed by atoms with Gasteiger partial charge in [0.05, 0.1) is 18.8 Å². The van der Waals surface area contributed by atoms with Gasteiger partial charge in [-0.3, -0.25) is 9.59 Å². The maximum Gasteiger partial charge on any atom is 0.273 e. The van der Waals surface area contributed by atoms with Crippen molar-refractivity contribution in [3.05, 3.63) is 71.6 Å². The number of ether oxygens (including phenoxy) is 3. The molecule has 9 nitrogen and oxygen atoms in total. The summed E-state index contributed by atoms with van der Waals surface area (Å²) in [7, 11) is 1.52. The van der Waals surface area contributed by atoms with E-state index < -0.39 is 0 Å². The van der Waals surface area contributed by atoms with E-state index in [9.17, 15) is 9.59 Å². The van der Waals surface area contributed by atoms with Gasteiger partial charge < -0.3 is 29.4 Å². The van der Waals surface area contributed by atoms with Crippen molar-refractivity contribution in [1.29, 1.82) is 0 Å². The van der Waals surface area contributed by atoms with Crippen LogP contribution in [0, 0.1) is 0 Å². The molecule has 172 valence electrons. The molecule has 2 amide bonds. The van der Waals surface area contributed by atoms with Crippen molar-refractivity contribution in [2.24, 2.45) is 0 Å². The lowest BCUT2D eigenvalue weighted by Crippen LogP contribution is -2.31. The van der Waals surface area contributed by atoms with Crippen LogP contribution in [0.2, 0.25) is 0 Å². The molecule has 3 aromatic rings. The minimum Gasteiger partial charge on any atom is -0.496 e. The first kappa shape index (κ1) is 22.3. The molecule has 2 N–H and O–H groups in total. The van der Waals surface area contributed by atoms with Gasteiger partial charge in [-0.2, -0.15) is 0 Å². The quantitative estimate of drug-likeness (QED) is 0.513. The second-order valence-corrected chi connectivity index (χ2v) is 7.49. The van der Waals surface area contributed by atoms with Gasteiger partial charge in [0, 0.05) is 24.9 Å². The highest BCUT2D eigenvalue weighted by molar-refractivity contribution is 6.06. The van der Waals surface area contributed by atoms with Gasteiger partial charge in [-0.25, -0.2) is 0 Å². The summed E-state index contributed by atoms with van der Waals surface area (Å²) >= 11 is 0. The fraction of sp³-hybridized carbons (Fsp3) is 0.292. The predicted molar refractivity (Wildman–Crippen MR) is 120 cm³/mol. The van der Waals surface area contributed by atoms with Gasteiger partial charge in [-0.05, 0) is 49.2 Å². The normalized spacial score (nSPS) is 15.1. The Bertz CT molecular complexity index is 1090. The highest BCUT2D eigenvalue weighted by Gasteiger charge is 2.18. The molecule has 0 bridgehead atoms. The van der Waals surface area contributed by atoms with Gasteiger partial charge in [0.2, 0.25) is 0 Å². The molecule has 0 spiro atoms. The molecular formula is C24H25N3O6. The van der Waals surface area contributed by atoms with Crippen molar-refractivity contribution in [1.82, 2.24) is 10.5 Å². The molecule has 1 fully saturated rings. The van der Waals surface area contributed by atoms with E-state index in [2.05, 4.69) is 15.8 Å². The van der Waals surface area contributed by atoms with Gasteiger partial charge in [0.25, 0.3) is 11.8 Å². The summed E-state index contributed by atoms with van der Waals surface area (Å²) in [5, 5.41) is 9.42. The van der Waals surface area contributed by atoms with E-state index >= 15 is 0 Å². The number of carbonyl (C=O) groups excluding carboxylic acids is 2. The third-order valence-corrected chi connectivity index (χ3v) is 5.15. The number of amides is 2. The minimum atomic E-state index is -0.310. The number of para-hydroxylation sites is 1. The Kier molecular flexibility index (Phi) is 7.21. The van der Waals surface area contributed by atoms with E-state index in [1.807, 2.05) is 0 Å². The Balaban J connectivity index is 1.26. The number of rotatable bonds is 9. The molecule has 33 heavy (non-hydrogen) atoms. The summed E-state index contributed by atoms with van der Waals surface area (Å²) in [6.45, 7) is 1.30. The Morgan fingerprint density at radius 1 is 1.12 bits per heavy atom. The van der Waals surface area contributed by atoms with Crippen molar-refractivity contribution < 1.29 is 28.3 Å². The second kappa shape index (κ2) is 10.6. The number of methoxy groups -OCH3 is 1. The van der Waals surface area contributed by atoms with Crippen LogP contribution in [0.15, 0.2) is 59.1 Å². The SMILES string of the molecule is COc1ccccc1C(=O)Nc1ccc(OCc2cc(C(=O)NC[C@@H]3CCCO3)no2)cc1. The number of anilines is 1. The molecule has 0 saturated carbocycles. The summed E-state index contributed by atoms with van der Waals surface area (Å²) in [6.07, 6.45) is 2.02. The lowest BCUT2D eigenvalue weighted by molar-refractivity contribution is 0.0850. The van der Waals surface area contributed by atoms with Crippen molar-refractivity contribution in [3.8, 4) is 11.5 Å². The molecule has 1 aromatic heterocycles. The molecule has 1 aliphatic heterocycles. The molecule has 1 atom stereocenters. The first-order valence-electron chi connectivity index (χ1n) is 10.6. The highest BCUT2D eigenvalue weighted by Crippen LogP contribution is 2.21. The number of nitrogens with zero attached hydrogens (tertiary/aromatic N) is 1. The Labute approximate surface area is 191 Å². The summed E-state index contributed by atoms with van der Waals surface area (Å²) < 4.78 is 21.6. The van der Waals surface area contributed by atoms with E-state index in [0.29, 0.717) is 35.1 Å². The van der Waals surface area contributed by atoms with Crippen LogP contribution < -0.4 is 20.1 Å². The third kappa shape index (κ3) is 5.89. The molecule has 0 aliphatic carbocycles. The van der Waals surface area contributed by atoms with E-state index in [4.69, 9.17) is 18.7 Å². The average molecular weight is 451 g/mol. The number of benzene rings is 2. The van der Waals surface area contributed by atoms with Crippen LogP contribution in [-0.2, 0) is 11.3 Å². The third-order valence-electron chi connectivity index (χ3n) is 5.15. The number of nitrogens with one attached hydrogen (secondary N) is 2. The first-order valence-corrected chi connectivity index (χ1v) is 10.6. The zero-order chi connectivity index (χ0) is 23.0. The molecule has 4 rings (SSSR count). The molecule has 2 aromatic carbocycles. The second-order valence-electron chi connectivity index (χ2n) is 7.49. The van der Waals surface area contributed by atoms with Crippen molar-refractivity contribution in [2.45, 2.75) is 25.6 Å². The van der Waals surface area contributed by atoms with Crippen LogP contribution >= 0.6 is 0 Å². The average Bonchev–Trinajstić information content (AvgIpc) is 3.54. The minimum absolute atomic E-state index is 0.0612. The number of aromatic nitrogens is 1. The monoisotopic (exact) mass is 451 g/mol. The molecule has 0 unspecified atom stereocenters. The zero-order valence-electron chi connectivity index (χ0n) is 18.2. The van der Waals surface area contributed by atoms with Crippen LogP contribution in [0.5, 0.6) is 11.5 Å². The Morgan fingerprint density at radius 3 is 2.70 bits per heavy atom. The van der Waals surface area contributed by atoms with E-state index in [-0.39, 0.29) is 30.2 Å². The summed E-state index contributed by atoms with van der Waals surface area (Å²) in [5.74, 6) is 0.919. The fourth-order valence-corrected chi connectivity index (χ4v) is 3.41. The maximum atomic E-state index is 12.5. The van der Waals surface area contributed by atoms with Gasteiger partial charge >= 0.3 is 0 Å². The van der Waals surface area contributed by atoms with Crippen LogP contribution in [0.3, 0.4) is 0 Å². The number of hydrogen-bond donors (Lipinski definition) is 2. The largest absolute Gasteiger partial charge is 0.496 e. The molecular weight excluding hydrogens is 426 g/mol. The highest BCUT2D eigenvalue weighted by atomic mass is 16.5. The van der Waals surface area contributed by atoms with E-state index in [1.165, 1.54) is 7.11 Å². The first-order chi connectivity index (χ1) is 16.1. The standard InChI is InChI=1S/C24H25N3O6/c1-30-22-7-3-2-6-20(22)23(28)26-16-8-10-17(11-9-16)32-15-19-13-21(27-33-19)24(29)25-14-18-5-4-12-31-18/h2-3,6-11,13,18H,4-5,12,14-15H2,1H3,(H,25,29)(H,26,28)/t18-/m0/s1. The Hall–Kier alpha value is -3.85. The van der Waals surface area contributed by atoms with Crippen LogP contribution in [0.25, 0.3) is 0 Å². The van der Waals surface area contributed by atoms with Gasteiger partial charge in [-0.1, -0.05) is 17.3 Å². The smallest absolute Gasteiger partial charge is 0.273 e. The van der Waals surface area contributed by atoms with Crippen LogP contribution in [-0.4, -0.2) is 43.3 Å². The van der Waals surface area contributed by atoms with Crippen molar-refractivity contribution >= 4 is 17.5 Å².